The van der Waals surface area contributed by atoms with Crippen molar-refractivity contribution in [2.75, 3.05) is 23.3 Å². The molecule has 0 saturated heterocycles. The molecule has 2 aromatic carbocycles. The van der Waals surface area contributed by atoms with Crippen LogP contribution in [0.1, 0.15) is 30.9 Å². The van der Waals surface area contributed by atoms with E-state index >= 15 is 0 Å². The molecule has 1 N–H and O–H groups in total. The zero-order chi connectivity index (χ0) is 14.5. The smallest absolute Gasteiger partial charge is 0.0430 e. The summed E-state index contributed by atoms with van der Waals surface area (Å²) in [6.45, 7) is 5.43. The van der Waals surface area contributed by atoms with Crippen LogP contribution in [0.4, 0.5) is 11.4 Å². The predicted molar refractivity (Wildman–Crippen MR) is 91.0 cm³/mol. The zero-order valence-corrected chi connectivity index (χ0v) is 12.8. The Labute approximate surface area is 127 Å². The molecule has 0 radical (unpaired) electrons. The first-order chi connectivity index (χ1) is 10.4. The molecular weight excluding hydrogens is 256 g/mol. The van der Waals surface area contributed by atoms with Crippen LogP contribution in [0.3, 0.4) is 0 Å². The molecule has 1 heterocycles. The molecule has 0 spiro atoms. The number of fused-ring (bicyclic) bond motifs is 1. The van der Waals surface area contributed by atoms with Crippen LogP contribution in [0.5, 0.6) is 0 Å². The van der Waals surface area contributed by atoms with Crippen LogP contribution in [-0.2, 0) is 13.0 Å². The second-order valence-electron chi connectivity index (χ2n) is 5.78. The van der Waals surface area contributed by atoms with E-state index in [1.54, 1.807) is 0 Å². The second kappa shape index (κ2) is 6.66. The highest BCUT2D eigenvalue weighted by atomic mass is 15.1. The Morgan fingerprint density at radius 1 is 1.10 bits per heavy atom. The Morgan fingerprint density at radius 3 is 2.76 bits per heavy atom. The fraction of sp³-hybridized carbons (Fsp3) is 0.368. The third-order valence-corrected chi connectivity index (χ3v) is 4.16. The van der Waals surface area contributed by atoms with Crippen molar-refractivity contribution >= 4 is 11.4 Å². The fourth-order valence-electron chi connectivity index (χ4n) is 2.94. The predicted octanol–water partition coefficient (Wildman–Crippen LogP) is 4.46. The third-order valence-electron chi connectivity index (χ3n) is 4.16. The molecule has 0 bridgehead atoms. The first-order valence-electron chi connectivity index (χ1n) is 8.02. The Hall–Kier alpha value is -1.96. The van der Waals surface area contributed by atoms with Gasteiger partial charge in [-0.05, 0) is 42.2 Å². The van der Waals surface area contributed by atoms with Gasteiger partial charge in [-0.15, -0.1) is 0 Å². The lowest BCUT2D eigenvalue weighted by atomic mass is 10.1. The summed E-state index contributed by atoms with van der Waals surface area (Å²) >= 11 is 0. The molecule has 0 aromatic heterocycles. The summed E-state index contributed by atoms with van der Waals surface area (Å²) in [5.74, 6) is 0. The van der Waals surface area contributed by atoms with Crippen molar-refractivity contribution in [2.45, 2.75) is 32.7 Å². The molecule has 1 aliphatic heterocycles. The van der Waals surface area contributed by atoms with Crippen molar-refractivity contribution in [3.05, 3.63) is 59.7 Å². The van der Waals surface area contributed by atoms with Gasteiger partial charge in [-0.25, -0.2) is 0 Å². The van der Waals surface area contributed by atoms with Crippen molar-refractivity contribution in [3.63, 3.8) is 0 Å². The molecule has 2 aromatic rings. The normalized spacial score (nSPS) is 12.8. The van der Waals surface area contributed by atoms with Crippen molar-refractivity contribution < 1.29 is 0 Å². The quantitative estimate of drug-likeness (QED) is 0.840. The van der Waals surface area contributed by atoms with Crippen molar-refractivity contribution in [3.8, 4) is 0 Å². The number of benzene rings is 2. The van der Waals surface area contributed by atoms with E-state index in [-0.39, 0.29) is 0 Å². The molecule has 0 fully saturated rings. The molecule has 21 heavy (non-hydrogen) atoms. The topological polar surface area (TPSA) is 15.3 Å². The highest BCUT2D eigenvalue weighted by Gasteiger charge is 2.12. The summed E-state index contributed by atoms with van der Waals surface area (Å²) in [7, 11) is 0. The number of anilines is 2. The lowest BCUT2D eigenvalue weighted by Crippen LogP contribution is -2.23. The standard InChI is InChI=1S/C19H24N2/c1-2-3-13-21(18-7-5-4-6-8-18)15-16-9-10-17-11-12-20-19(17)14-16/h4-10,14,20H,2-3,11-13,15H2,1H3. The van der Waals surface area contributed by atoms with E-state index in [4.69, 9.17) is 0 Å². The van der Waals surface area contributed by atoms with Crippen LogP contribution >= 0.6 is 0 Å². The van der Waals surface area contributed by atoms with E-state index in [0.717, 1.165) is 26.1 Å². The highest BCUT2D eigenvalue weighted by molar-refractivity contribution is 5.57. The molecular formula is C19H24N2. The monoisotopic (exact) mass is 280 g/mol. The van der Waals surface area contributed by atoms with Gasteiger partial charge in [-0.3, -0.25) is 0 Å². The fourth-order valence-corrected chi connectivity index (χ4v) is 2.94. The molecule has 0 amide bonds. The van der Waals surface area contributed by atoms with Gasteiger partial charge >= 0.3 is 0 Å². The van der Waals surface area contributed by atoms with Gasteiger partial charge in [-0.2, -0.15) is 0 Å². The summed E-state index contributed by atoms with van der Waals surface area (Å²) in [5.41, 5.74) is 5.50. The molecule has 0 atom stereocenters. The average Bonchev–Trinajstić information content (AvgIpc) is 3.00. The average molecular weight is 280 g/mol. The molecule has 110 valence electrons. The van der Waals surface area contributed by atoms with Crippen LogP contribution < -0.4 is 10.2 Å². The van der Waals surface area contributed by atoms with Crippen molar-refractivity contribution in [1.29, 1.82) is 0 Å². The summed E-state index contributed by atoms with van der Waals surface area (Å²) in [6, 6.07) is 17.6. The van der Waals surface area contributed by atoms with Gasteiger partial charge in [0.15, 0.2) is 0 Å². The number of hydrogen-bond acceptors (Lipinski definition) is 2. The number of unbranched alkanes of at least 4 members (excludes halogenated alkanes) is 1. The van der Waals surface area contributed by atoms with E-state index in [1.165, 1.54) is 35.3 Å². The molecule has 2 nitrogen and oxygen atoms in total. The summed E-state index contributed by atoms with van der Waals surface area (Å²) in [5, 5.41) is 3.48. The van der Waals surface area contributed by atoms with Crippen molar-refractivity contribution in [2.24, 2.45) is 0 Å². The molecule has 0 unspecified atom stereocenters. The minimum absolute atomic E-state index is 0.985. The molecule has 2 heteroatoms. The molecule has 0 saturated carbocycles. The lowest BCUT2D eigenvalue weighted by molar-refractivity contribution is 0.716. The van der Waals surface area contributed by atoms with E-state index < -0.39 is 0 Å². The number of para-hydroxylation sites is 1. The Balaban J connectivity index is 1.77. The second-order valence-corrected chi connectivity index (χ2v) is 5.78. The number of nitrogens with zero attached hydrogens (tertiary/aromatic N) is 1. The number of nitrogens with one attached hydrogen (secondary N) is 1. The van der Waals surface area contributed by atoms with Gasteiger partial charge in [0.05, 0.1) is 0 Å². The van der Waals surface area contributed by atoms with Gasteiger partial charge in [-0.1, -0.05) is 43.7 Å². The van der Waals surface area contributed by atoms with E-state index in [9.17, 15) is 0 Å². The number of rotatable bonds is 6. The van der Waals surface area contributed by atoms with Crippen LogP contribution in [0.15, 0.2) is 48.5 Å². The summed E-state index contributed by atoms with van der Waals surface area (Å²) in [6.07, 6.45) is 3.63. The van der Waals surface area contributed by atoms with Gasteiger partial charge in [0.25, 0.3) is 0 Å². The minimum Gasteiger partial charge on any atom is -0.384 e. The molecule has 1 aliphatic rings. The zero-order valence-electron chi connectivity index (χ0n) is 12.8. The Bertz CT molecular complexity index is 577. The third kappa shape index (κ3) is 3.38. The van der Waals surface area contributed by atoms with Crippen LogP contribution in [0, 0.1) is 0 Å². The maximum atomic E-state index is 3.48. The highest BCUT2D eigenvalue weighted by Crippen LogP contribution is 2.25. The van der Waals surface area contributed by atoms with Crippen molar-refractivity contribution in [1.82, 2.24) is 0 Å². The number of hydrogen-bond donors (Lipinski definition) is 1. The first kappa shape index (κ1) is 14.0. The van der Waals surface area contributed by atoms with E-state index in [0.29, 0.717) is 0 Å². The minimum atomic E-state index is 0.985. The SMILES string of the molecule is CCCCN(Cc1ccc2c(c1)NCC2)c1ccccc1. The van der Waals surface area contributed by atoms with Gasteiger partial charge < -0.3 is 10.2 Å². The Morgan fingerprint density at radius 2 is 1.95 bits per heavy atom. The molecule has 0 aliphatic carbocycles. The first-order valence-corrected chi connectivity index (χ1v) is 8.02. The molecule has 3 rings (SSSR count). The van der Waals surface area contributed by atoms with Crippen LogP contribution in [0.25, 0.3) is 0 Å². The summed E-state index contributed by atoms with van der Waals surface area (Å²) in [4.78, 5) is 2.49. The maximum Gasteiger partial charge on any atom is 0.0430 e. The van der Waals surface area contributed by atoms with Gasteiger partial charge in [0.1, 0.15) is 0 Å². The Kier molecular flexibility index (Phi) is 4.44. The van der Waals surface area contributed by atoms with E-state index in [2.05, 4.69) is 65.7 Å². The van der Waals surface area contributed by atoms with Gasteiger partial charge in [0, 0.05) is 31.0 Å². The largest absolute Gasteiger partial charge is 0.384 e. The summed E-state index contributed by atoms with van der Waals surface area (Å²) < 4.78 is 0. The lowest BCUT2D eigenvalue weighted by Gasteiger charge is -2.25. The maximum absolute atomic E-state index is 3.48. The van der Waals surface area contributed by atoms with Crippen LogP contribution in [-0.4, -0.2) is 13.1 Å². The van der Waals surface area contributed by atoms with Gasteiger partial charge in [0.2, 0.25) is 0 Å². The van der Waals surface area contributed by atoms with E-state index in [1.807, 2.05) is 0 Å². The van der Waals surface area contributed by atoms with Crippen LogP contribution in [0.2, 0.25) is 0 Å².